The Kier molecular flexibility index (Phi) is 6.84. The van der Waals surface area contributed by atoms with Gasteiger partial charge in [-0.25, -0.2) is 0 Å². The van der Waals surface area contributed by atoms with Crippen LogP contribution < -0.4 is 10.6 Å². The summed E-state index contributed by atoms with van der Waals surface area (Å²) in [5, 5.41) is 5.76. The molecule has 4 aromatic rings. The van der Waals surface area contributed by atoms with E-state index in [1.165, 1.54) is 11.8 Å². The summed E-state index contributed by atoms with van der Waals surface area (Å²) in [6.07, 6.45) is 3.15. The molecule has 8 heteroatoms. The highest BCUT2D eigenvalue weighted by Gasteiger charge is 2.14. The maximum absolute atomic E-state index is 12.5. The van der Waals surface area contributed by atoms with E-state index in [2.05, 4.69) is 33.2 Å². The molecule has 2 aromatic heterocycles. The van der Waals surface area contributed by atoms with Crippen molar-refractivity contribution in [2.24, 2.45) is 0 Å². The van der Waals surface area contributed by atoms with Gasteiger partial charge in [0.1, 0.15) is 11.4 Å². The van der Waals surface area contributed by atoms with E-state index in [9.17, 15) is 9.59 Å². The van der Waals surface area contributed by atoms with E-state index in [4.69, 9.17) is 0 Å². The van der Waals surface area contributed by atoms with Crippen molar-refractivity contribution in [1.82, 2.24) is 9.97 Å². The highest BCUT2D eigenvalue weighted by atomic mass is 32.2. The zero-order valence-electron chi connectivity index (χ0n) is 16.7. The lowest BCUT2D eigenvalue weighted by Crippen LogP contribution is -2.14. The first-order valence-corrected chi connectivity index (χ1v) is 10.9. The first-order valence-electron chi connectivity index (χ1n) is 9.65. The summed E-state index contributed by atoms with van der Waals surface area (Å²) in [4.78, 5) is 35.5. The molecule has 2 heterocycles. The third kappa shape index (κ3) is 5.16. The van der Waals surface area contributed by atoms with Crippen molar-refractivity contribution in [2.75, 3.05) is 10.6 Å². The van der Waals surface area contributed by atoms with Crippen molar-refractivity contribution in [3.05, 3.63) is 103 Å². The van der Waals surface area contributed by atoms with Crippen molar-refractivity contribution in [1.29, 1.82) is 0 Å². The Balaban J connectivity index is 1.54. The molecule has 4 rings (SSSR count). The highest BCUT2D eigenvalue weighted by Crippen LogP contribution is 2.39. The number of carbonyl (C=O) groups is 2. The molecule has 0 fully saturated rings. The van der Waals surface area contributed by atoms with E-state index in [1.807, 2.05) is 36.4 Å². The predicted molar refractivity (Wildman–Crippen MR) is 129 cm³/mol. The number of nitrogens with zero attached hydrogens (tertiary/aromatic N) is 2. The van der Waals surface area contributed by atoms with Gasteiger partial charge in [-0.15, -0.1) is 12.6 Å². The fraction of sp³-hybridized carbons (Fsp3) is 0. The summed E-state index contributed by atoms with van der Waals surface area (Å²) in [6.45, 7) is 0. The minimum absolute atomic E-state index is 0.291. The number of benzene rings is 2. The molecule has 2 amide bonds. The van der Waals surface area contributed by atoms with Crippen LogP contribution >= 0.6 is 24.4 Å². The van der Waals surface area contributed by atoms with E-state index in [-0.39, 0.29) is 11.8 Å². The topological polar surface area (TPSA) is 84.0 Å². The minimum Gasteiger partial charge on any atom is -0.320 e. The Morgan fingerprint density at radius 1 is 0.656 bits per heavy atom. The average molecular weight is 459 g/mol. The number of hydrogen-bond acceptors (Lipinski definition) is 6. The second kappa shape index (κ2) is 10.1. The van der Waals surface area contributed by atoms with Crippen LogP contribution in [0.15, 0.2) is 106 Å². The van der Waals surface area contributed by atoms with Gasteiger partial charge in [0.05, 0.1) is 11.4 Å². The molecule has 0 radical (unpaired) electrons. The molecular weight excluding hydrogens is 440 g/mol. The molecule has 6 nitrogen and oxygen atoms in total. The van der Waals surface area contributed by atoms with Crippen LogP contribution in [0.25, 0.3) is 0 Å². The van der Waals surface area contributed by atoms with Gasteiger partial charge in [0.25, 0.3) is 11.8 Å². The number of anilines is 2. The first-order chi connectivity index (χ1) is 15.6. The largest absolute Gasteiger partial charge is 0.320 e. The molecule has 0 saturated heterocycles. The molecular formula is C24H18N4O2S2. The van der Waals surface area contributed by atoms with Gasteiger partial charge in [-0.05, 0) is 48.5 Å². The van der Waals surface area contributed by atoms with Gasteiger partial charge < -0.3 is 10.6 Å². The highest BCUT2D eigenvalue weighted by molar-refractivity contribution is 8.00. The van der Waals surface area contributed by atoms with E-state index >= 15 is 0 Å². The molecule has 32 heavy (non-hydrogen) atoms. The molecule has 0 bridgehead atoms. The number of carbonyl (C=O) groups excluding carboxylic acids is 2. The zero-order valence-corrected chi connectivity index (χ0v) is 18.4. The Morgan fingerprint density at radius 3 is 1.81 bits per heavy atom. The number of hydrogen-bond donors (Lipinski definition) is 3. The molecule has 0 saturated carbocycles. The fourth-order valence-electron chi connectivity index (χ4n) is 2.85. The quantitative estimate of drug-likeness (QED) is 0.336. The zero-order chi connectivity index (χ0) is 22.3. The summed E-state index contributed by atoms with van der Waals surface area (Å²) in [7, 11) is 0. The van der Waals surface area contributed by atoms with Crippen LogP contribution in [-0.4, -0.2) is 21.8 Å². The third-order valence-electron chi connectivity index (χ3n) is 4.40. The normalized spacial score (nSPS) is 10.4. The van der Waals surface area contributed by atoms with Gasteiger partial charge in [-0.2, -0.15) is 0 Å². The number of para-hydroxylation sites is 1. The van der Waals surface area contributed by atoms with Crippen LogP contribution in [0, 0.1) is 0 Å². The Hall–Kier alpha value is -3.62. The Bertz CT molecular complexity index is 1250. The molecule has 0 spiro atoms. The summed E-state index contributed by atoms with van der Waals surface area (Å²) in [5.74, 6) is -0.604. The van der Waals surface area contributed by atoms with Crippen molar-refractivity contribution >= 4 is 47.6 Å². The Labute approximate surface area is 194 Å². The first kappa shape index (κ1) is 21.6. The summed E-state index contributed by atoms with van der Waals surface area (Å²) >= 11 is 6.07. The van der Waals surface area contributed by atoms with E-state index in [0.29, 0.717) is 27.7 Å². The van der Waals surface area contributed by atoms with Crippen LogP contribution in [0.3, 0.4) is 0 Å². The maximum atomic E-state index is 12.5. The van der Waals surface area contributed by atoms with E-state index in [0.717, 1.165) is 9.79 Å². The predicted octanol–water partition coefficient (Wildman–Crippen LogP) is 5.42. The Morgan fingerprint density at radius 2 is 1.19 bits per heavy atom. The number of thiol groups is 1. The third-order valence-corrected chi connectivity index (χ3v) is 6.17. The lowest BCUT2D eigenvalue weighted by molar-refractivity contribution is 0.101. The van der Waals surface area contributed by atoms with Gasteiger partial charge in [0, 0.05) is 27.1 Å². The molecule has 158 valence electrons. The van der Waals surface area contributed by atoms with E-state index < -0.39 is 0 Å². The molecule has 0 aliphatic rings. The van der Waals surface area contributed by atoms with Gasteiger partial charge in [-0.3, -0.25) is 19.6 Å². The SMILES string of the molecule is O=C(Nc1ccccc1Sc1cccc(NC(=O)c2ccccn2)c1S)c1ccccn1. The van der Waals surface area contributed by atoms with Crippen molar-refractivity contribution in [3.8, 4) is 0 Å². The number of pyridine rings is 2. The second-order valence-corrected chi connectivity index (χ2v) is 8.12. The minimum atomic E-state index is -0.314. The second-order valence-electron chi connectivity index (χ2n) is 6.59. The molecule has 0 atom stereocenters. The lowest BCUT2D eigenvalue weighted by Gasteiger charge is -2.14. The van der Waals surface area contributed by atoms with Crippen molar-refractivity contribution < 1.29 is 9.59 Å². The van der Waals surface area contributed by atoms with Crippen LogP contribution in [0.4, 0.5) is 11.4 Å². The van der Waals surface area contributed by atoms with Crippen LogP contribution in [0.1, 0.15) is 21.0 Å². The van der Waals surface area contributed by atoms with Crippen molar-refractivity contribution in [2.45, 2.75) is 14.7 Å². The lowest BCUT2D eigenvalue weighted by atomic mass is 10.3. The number of aromatic nitrogens is 2. The van der Waals surface area contributed by atoms with E-state index in [1.54, 1.807) is 54.9 Å². The van der Waals surface area contributed by atoms with Gasteiger partial charge in [0.2, 0.25) is 0 Å². The monoisotopic (exact) mass is 458 g/mol. The maximum Gasteiger partial charge on any atom is 0.274 e. The van der Waals surface area contributed by atoms with Crippen LogP contribution in [-0.2, 0) is 0 Å². The summed E-state index contributed by atoms with van der Waals surface area (Å²) in [6, 6.07) is 23.3. The van der Waals surface area contributed by atoms with Gasteiger partial charge >= 0.3 is 0 Å². The van der Waals surface area contributed by atoms with Crippen molar-refractivity contribution in [3.63, 3.8) is 0 Å². The summed E-state index contributed by atoms with van der Waals surface area (Å²) < 4.78 is 0. The molecule has 0 unspecified atom stereocenters. The molecule has 0 aliphatic carbocycles. The summed E-state index contributed by atoms with van der Waals surface area (Å²) in [5.41, 5.74) is 1.88. The van der Waals surface area contributed by atoms with Crippen LogP contribution in [0.5, 0.6) is 0 Å². The van der Waals surface area contributed by atoms with Crippen LogP contribution in [0.2, 0.25) is 0 Å². The van der Waals surface area contributed by atoms with Gasteiger partial charge in [0.15, 0.2) is 0 Å². The number of amides is 2. The molecule has 2 aromatic carbocycles. The van der Waals surface area contributed by atoms with Gasteiger partial charge in [-0.1, -0.05) is 42.1 Å². The standard InChI is InChI=1S/C24H18N4O2S2/c29-23(18-9-3-5-14-25-18)27-16-8-1-2-12-20(16)32-21-13-7-11-17(22(21)31)28-24(30)19-10-4-6-15-26-19/h1-15,31H,(H,27,29)(H,28,30). The molecule has 2 N–H and O–H groups in total. The molecule has 0 aliphatic heterocycles. The number of nitrogens with one attached hydrogen (secondary N) is 2. The smallest absolute Gasteiger partial charge is 0.274 e. The fourth-order valence-corrected chi connectivity index (χ4v) is 4.16. The number of rotatable bonds is 6. The average Bonchev–Trinajstić information content (AvgIpc) is 2.84.